The lowest BCUT2D eigenvalue weighted by atomic mass is 10.1. The number of nitrogens with zero attached hydrogens (tertiary/aromatic N) is 3. The number of aromatic nitrogens is 1. The van der Waals surface area contributed by atoms with E-state index in [1.807, 2.05) is 0 Å². The van der Waals surface area contributed by atoms with Crippen LogP contribution in [0.5, 0.6) is 0 Å². The maximum atomic E-state index is 13.6. The topological polar surface area (TPSA) is 53.5 Å². The van der Waals surface area contributed by atoms with E-state index in [-0.39, 0.29) is 24.1 Å². The summed E-state index contributed by atoms with van der Waals surface area (Å²) in [5, 5.41) is 0. The van der Waals surface area contributed by atoms with Crippen molar-refractivity contribution in [1.82, 2.24) is 14.8 Å². The zero-order valence-electron chi connectivity index (χ0n) is 13.9. The van der Waals surface area contributed by atoms with Gasteiger partial charge in [-0.25, -0.2) is 4.39 Å². The third-order valence-electron chi connectivity index (χ3n) is 4.41. The molecule has 5 nitrogen and oxygen atoms in total. The Morgan fingerprint density at radius 2 is 1.60 bits per heavy atom. The third kappa shape index (κ3) is 4.21. The summed E-state index contributed by atoms with van der Waals surface area (Å²) < 4.78 is 13.6. The van der Waals surface area contributed by atoms with Crippen molar-refractivity contribution < 1.29 is 14.0 Å². The average molecular weight is 341 g/mol. The van der Waals surface area contributed by atoms with Gasteiger partial charge in [-0.05, 0) is 30.2 Å². The highest BCUT2D eigenvalue weighted by atomic mass is 19.1. The highest BCUT2D eigenvalue weighted by Gasteiger charge is 2.24. The number of pyridine rings is 1. The van der Waals surface area contributed by atoms with Crippen molar-refractivity contribution in [2.24, 2.45) is 0 Å². The summed E-state index contributed by atoms with van der Waals surface area (Å²) >= 11 is 0. The Morgan fingerprint density at radius 1 is 0.960 bits per heavy atom. The molecule has 1 fully saturated rings. The van der Waals surface area contributed by atoms with E-state index in [0.29, 0.717) is 43.7 Å². The van der Waals surface area contributed by atoms with Crippen molar-refractivity contribution >= 4 is 11.8 Å². The number of amides is 2. The van der Waals surface area contributed by atoms with Gasteiger partial charge < -0.3 is 9.80 Å². The van der Waals surface area contributed by atoms with E-state index in [1.54, 1.807) is 52.5 Å². The van der Waals surface area contributed by atoms with Gasteiger partial charge in [0.05, 0.1) is 0 Å². The first-order valence-electron chi connectivity index (χ1n) is 8.35. The second-order valence-electron chi connectivity index (χ2n) is 6.00. The highest BCUT2D eigenvalue weighted by Crippen LogP contribution is 2.12. The fraction of sp³-hybridized carbons (Fsp3) is 0.316. The highest BCUT2D eigenvalue weighted by molar-refractivity contribution is 5.94. The predicted octanol–water partition coefficient (Wildman–Crippen LogP) is 2.14. The molecule has 1 aromatic heterocycles. The molecule has 0 aliphatic carbocycles. The number of hydrogen-bond acceptors (Lipinski definition) is 3. The van der Waals surface area contributed by atoms with Crippen LogP contribution in [0.4, 0.5) is 4.39 Å². The largest absolute Gasteiger partial charge is 0.339 e. The molecule has 6 heteroatoms. The summed E-state index contributed by atoms with van der Waals surface area (Å²) in [5.74, 6) is -0.316. The number of carbonyl (C=O) groups is 2. The van der Waals surface area contributed by atoms with E-state index in [2.05, 4.69) is 4.98 Å². The SMILES string of the molecule is O=C(CCc1ccccc1F)N1CCN(C(=O)c2ccncc2)CC1. The molecule has 2 heterocycles. The van der Waals surface area contributed by atoms with E-state index in [0.717, 1.165) is 0 Å². The maximum absolute atomic E-state index is 13.6. The van der Waals surface area contributed by atoms with E-state index in [4.69, 9.17) is 0 Å². The minimum Gasteiger partial charge on any atom is -0.339 e. The zero-order valence-corrected chi connectivity index (χ0v) is 13.9. The Bertz CT molecular complexity index is 743. The van der Waals surface area contributed by atoms with Crippen LogP contribution < -0.4 is 0 Å². The summed E-state index contributed by atoms with van der Waals surface area (Å²) in [5.41, 5.74) is 1.16. The van der Waals surface area contributed by atoms with Crippen LogP contribution in [-0.2, 0) is 11.2 Å². The molecule has 25 heavy (non-hydrogen) atoms. The third-order valence-corrected chi connectivity index (χ3v) is 4.41. The lowest BCUT2D eigenvalue weighted by Crippen LogP contribution is -2.50. The molecular formula is C19H20FN3O2. The Balaban J connectivity index is 1.49. The smallest absolute Gasteiger partial charge is 0.254 e. The van der Waals surface area contributed by atoms with Crippen LogP contribution in [-0.4, -0.2) is 52.8 Å². The van der Waals surface area contributed by atoms with Crippen molar-refractivity contribution in [1.29, 1.82) is 0 Å². The van der Waals surface area contributed by atoms with Gasteiger partial charge in [-0.1, -0.05) is 18.2 Å². The summed E-state index contributed by atoms with van der Waals surface area (Å²) in [6.07, 6.45) is 3.85. The molecule has 1 aromatic carbocycles. The average Bonchev–Trinajstić information content (AvgIpc) is 2.67. The first kappa shape index (κ1) is 17.1. The summed E-state index contributed by atoms with van der Waals surface area (Å²) in [4.78, 5) is 32.1. The summed E-state index contributed by atoms with van der Waals surface area (Å²) in [6, 6.07) is 9.89. The van der Waals surface area contributed by atoms with Crippen molar-refractivity contribution in [3.8, 4) is 0 Å². The number of carbonyl (C=O) groups excluding carboxylic acids is 2. The fourth-order valence-corrected chi connectivity index (χ4v) is 2.94. The molecule has 1 saturated heterocycles. The number of piperazine rings is 1. The maximum Gasteiger partial charge on any atom is 0.254 e. The lowest BCUT2D eigenvalue weighted by Gasteiger charge is -2.35. The van der Waals surface area contributed by atoms with Gasteiger partial charge >= 0.3 is 0 Å². The van der Waals surface area contributed by atoms with Crippen LogP contribution in [0.2, 0.25) is 0 Å². The molecular weight excluding hydrogens is 321 g/mol. The van der Waals surface area contributed by atoms with E-state index >= 15 is 0 Å². The van der Waals surface area contributed by atoms with E-state index in [1.165, 1.54) is 6.07 Å². The van der Waals surface area contributed by atoms with Gasteiger partial charge in [0.2, 0.25) is 5.91 Å². The van der Waals surface area contributed by atoms with Crippen molar-refractivity contribution in [2.45, 2.75) is 12.8 Å². The predicted molar refractivity (Wildman–Crippen MR) is 91.4 cm³/mol. The second-order valence-corrected chi connectivity index (χ2v) is 6.00. The van der Waals surface area contributed by atoms with E-state index < -0.39 is 0 Å². The lowest BCUT2D eigenvalue weighted by molar-refractivity contribution is -0.132. The standard InChI is InChI=1S/C19H20FN3O2/c20-17-4-2-1-3-15(17)5-6-18(24)22-11-13-23(14-12-22)19(25)16-7-9-21-10-8-16/h1-4,7-10H,5-6,11-14H2. The summed E-state index contributed by atoms with van der Waals surface area (Å²) in [6.45, 7) is 2.03. The molecule has 0 bridgehead atoms. The van der Waals surface area contributed by atoms with Crippen LogP contribution in [0, 0.1) is 5.82 Å². The van der Waals surface area contributed by atoms with Gasteiger partial charge in [0.1, 0.15) is 5.82 Å². The molecule has 1 aliphatic rings. The first-order valence-corrected chi connectivity index (χ1v) is 8.35. The molecule has 1 aliphatic heterocycles. The quantitative estimate of drug-likeness (QED) is 0.856. The van der Waals surface area contributed by atoms with Crippen molar-refractivity contribution in [3.63, 3.8) is 0 Å². The van der Waals surface area contributed by atoms with Crippen LogP contribution in [0.15, 0.2) is 48.8 Å². The molecule has 3 rings (SSSR count). The second kappa shape index (κ2) is 7.88. The van der Waals surface area contributed by atoms with Gasteiger partial charge in [-0.15, -0.1) is 0 Å². The Labute approximate surface area is 146 Å². The van der Waals surface area contributed by atoms with Gasteiger partial charge in [-0.3, -0.25) is 14.6 Å². The monoisotopic (exact) mass is 341 g/mol. The number of rotatable bonds is 4. The minimum atomic E-state index is -0.275. The van der Waals surface area contributed by atoms with Crippen LogP contribution >= 0.6 is 0 Å². The van der Waals surface area contributed by atoms with Crippen LogP contribution in [0.3, 0.4) is 0 Å². The normalized spacial score (nSPS) is 14.4. The van der Waals surface area contributed by atoms with Gasteiger partial charge in [0.25, 0.3) is 5.91 Å². The Morgan fingerprint density at radius 3 is 2.28 bits per heavy atom. The molecule has 0 N–H and O–H groups in total. The molecule has 0 spiro atoms. The van der Waals surface area contributed by atoms with E-state index in [9.17, 15) is 14.0 Å². The van der Waals surface area contributed by atoms with Crippen LogP contribution in [0.25, 0.3) is 0 Å². The Kier molecular flexibility index (Phi) is 5.38. The van der Waals surface area contributed by atoms with Crippen molar-refractivity contribution in [2.75, 3.05) is 26.2 Å². The molecule has 130 valence electrons. The van der Waals surface area contributed by atoms with Gasteiger partial charge in [0, 0.05) is 50.6 Å². The number of halogens is 1. The molecule has 0 saturated carbocycles. The molecule has 0 unspecified atom stereocenters. The molecule has 0 atom stereocenters. The summed E-state index contributed by atoms with van der Waals surface area (Å²) in [7, 11) is 0. The van der Waals surface area contributed by atoms with Gasteiger partial charge in [-0.2, -0.15) is 0 Å². The number of hydrogen-bond donors (Lipinski definition) is 0. The molecule has 0 radical (unpaired) electrons. The number of aryl methyl sites for hydroxylation is 1. The Hall–Kier alpha value is -2.76. The molecule has 2 aromatic rings. The minimum absolute atomic E-state index is 0.000682. The molecule has 2 amide bonds. The first-order chi connectivity index (χ1) is 12.1. The number of benzene rings is 1. The fourth-order valence-electron chi connectivity index (χ4n) is 2.94. The van der Waals surface area contributed by atoms with Crippen molar-refractivity contribution in [3.05, 3.63) is 65.7 Å². The van der Waals surface area contributed by atoms with Crippen LogP contribution in [0.1, 0.15) is 22.3 Å². The van der Waals surface area contributed by atoms with Gasteiger partial charge in [0.15, 0.2) is 0 Å². The zero-order chi connectivity index (χ0) is 17.6.